The van der Waals surface area contributed by atoms with E-state index in [1.807, 2.05) is 34.9 Å². The quantitative estimate of drug-likeness (QED) is 0.350. The molecule has 0 bridgehead atoms. The van der Waals surface area contributed by atoms with Gasteiger partial charge in [-0.15, -0.1) is 0 Å². The summed E-state index contributed by atoms with van der Waals surface area (Å²) < 4.78 is 2.02. The highest BCUT2D eigenvalue weighted by Crippen LogP contribution is 2.21. The number of pyridine rings is 1. The van der Waals surface area contributed by atoms with Crippen molar-refractivity contribution in [2.24, 2.45) is 0 Å². The fourth-order valence-electron chi connectivity index (χ4n) is 3.87. The Morgan fingerprint density at radius 1 is 0.964 bits per heavy atom. The highest BCUT2D eigenvalue weighted by molar-refractivity contribution is 6.09. The normalized spacial score (nSPS) is 11.4. The first-order valence-corrected chi connectivity index (χ1v) is 10.6. The van der Waals surface area contributed by atoms with Crippen molar-refractivity contribution in [3.8, 4) is 0 Å². The molecule has 0 unspecified atom stereocenters. The van der Waals surface area contributed by atoms with E-state index >= 15 is 0 Å². The van der Waals surface area contributed by atoms with E-state index in [4.69, 9.17) is 0 Å². The summed E-state index contributed by atoms with van der Waals surface area (Å²) in [5.41, 5.74) is 5.06. The standard InChI is InChI=1S/C25H32N2O/c1-4-21-19-23-12-8-10-18-27(23)24(21)25(28)22-15-13-20(14-16-22)11-7-9-17-26(5-2)6-3/h8,10,12-16,18-19H,4-7,9,11,17H2,1-3H3. The number of hydrogen-bond donors (Lipinski definition) is 0. The van der Waals surface area contributed by atoms with Crippen molar-refractivity contribution in [1.29, 1.82) is 0 Å². The number of nitrogens with zero attached hydrogens (tertiary/aromatic N) is 2. The third-order valence-electron chi connectivity index (χ3n) is 5.65. The van der Waals surface area contributed by atoms with Gasteiger partial charge in [0.05, 0.1) is 5.69 Å². The van der Waals surface area contributed by atoms with E-state index in [-0.39, 0.29) is 5.78 Å². The molecule has 1 aromatic carbocycles. The zero-order valence-electron chi connectivity index (χ0n) is 17.4. The molecule has 0 fully saturated rings. The van der Waals surface area contributed by atoms with Gasteiger partial charge < -0.3 is 9.30 Å². The van der Waals surface area contributed by atoms with Gasteiger partial charge in [-0.3, -0.25) is 4.79 Å². The fourth-order valence-corrected chi connectivity index (χ4v) is 3.87. The number of aryl methyl sites for hydroxylation is 2. The lowest BCUT2D eigenvalue weighted by Gasteiger charge is -2.17. The minimum Gasteiger partial charge on any atom is -0.313 e. The van der Waals surface area contributed by atoms with Crippen LogP contribution in [0.2, 0.25) is 0 Å². The molecular weight excluding hydrogens is 344 g/mol. The second kappa shape index (κ2) is 9.70. The molecule has 0 saturated carbocycles. The molecule has 0 aliphatic heterocycles. The van der Waals surface area contributed by atoms with Crippen LogP contribution in [0.3, 0.4) is 0 Å². The van der Waals surface area contributed by atoms with Gasteiger partial charge in [0.2, 0.25) is 5.78 Å². The first-order valence-electron chi connectivity index (χ1n) is 10.6. The Kier molecular flexibility index (Phi) is 7.05. The van der Waals surface area contributed by atoms with Gasteiger partial charge in [-0.25, -0.2) is 0 Å². The van der Waals surface area contributed by atoms with Gasteiger partial charge in [-0.1, -0.05) is 51.1 Å². The topological polar surface area (TPSA) is 24.7 Å². The second-order valence-corrected chi connectivity index (χ2v) is 7.38. The van der Waals surface area contributed by atoms with Crippen LogP contribution in [-0.2, 0) is 12.8 Å². The van der Waals surface area contributed by atoms with Crippen LogP contribution in [0.25, 0.3) is 5.52 Å². The van der Waals surface area contributed by atoms with Crippen LogP contribution in [-0.4, -0.2) is 34.7 Å². The lowest BCUT2D eigenvalue weighted by molar-refractivity contribution is 0.103. The Bertz CT molecular complexity index is 904. The molecule has 3 nitrogen and oxygen atoms in total. The van der Waals surface area contributed by atoms with Gasteiger partial charge in [-0.2, -0.15) is 0 Å². The molecule has 28 heavy (non-hydrogen) atoms. The van der Waals surface area contributed by atoms with Crippen molar-refractivity contribution in [1.82, 2.24) is 9.30 Å². The van der Waals surface area contributed by atoms with Crippen molar-refractivity contribution in [3.05, 3.63) is 77.1 Å². The van der Waals surface area contributed by atoms with Crippen molar-refractivity contribution in [2.45, 2.75) is 46.5 Å². The largest absolute Gasteiger partial charge is 0.313 e. The zero-order valence-corrected chi connectivity index (χ0v) is 17.4. The maximum atomic E-state index is 13.2. The molecule has 3 aromatic rings. The molecule has 0 spiro atoms. The molecule has 0 aliphatic rings. The number of unbranched alkanes of at least 4 members (excludes halogenated alkanes) is 1. The number of ketones is 1. The Labute approximate surface area is 169 Å². The summed E-state index contributed by atoms with van der Waals surface area (Å²) in [6, 6.07) is 16.4. The van der Waals surface area contributed by atoms with Crippen LogP contribution < -0.4 is 0 Å². The minimum absolute atomic E-state index is 0.108. The zero-order chi connectivity index (χ0) is 19.9. The number of aromatic nitrogens is 1. The van der Waals surface area contributed by atoms with Crippen LogP contribution >= 0.6 is 0 Å². The number of carbonyl (C=O) groups excluding carboxylic acids is 1. The first kappa shape index (κ1) is 20.3. The van der Waals surface area contributed by atoms with Gasteiger partial charge in [0.15, 0.2) is 0 Å². The molecular formula is C25H32N2O. The maximum Gasteiger partial charge on any atom is 0.210 e. The van der Waals surface area contributed by atoms with Crippen molar-refractivity contribution >= 4 is 11.3 Å². The van der Waals surface area contributed by atoms with E-state index < -0.39 is 0 Å². The van der Waals surface area contributed by atoms with Crippen molar-refractivity contribution in [3.63, 3.8) is 0 Å². The Morgan fingerprint density at radius 2 is 1.71 bits per heavy atom. The van der Waals surface area contributed by atoms with Gasteiger partial charge in [0.25, 0.3) is 0 Å². The van der Waals surface area contributed by atoms with E-state index in [1.54, 1.807) is 0 Å². The van der Waals surface area contributed by atoms with Crippen LogP contribution in [0, 0.1) is 0 Å². The molecule has 2 heterocycles. The number of fused-ring (bicyclic) bond motifs is 1. The Morgan fingerprint density at radius 3 is 2.39 bits per heavy atom. The van der Waals surface area contributed by atoms with E-state index in [1.165, 1.54) is 24.9 Å². The summed E-state index contributed by atoms with van der Waals surface area (Å²) in [4.78, 5) is 15.7. The van der Waals surface area contributed by atoms with Crippen molar-refractivity contribution < 1.29 is 4.79 Å². The van der Waals surface area contributed by atoms with Crippen LogP contribution in [0.15, 0.2) is 54.7 Å². The smallest absolute Gasteiger partial charge is 0.210 e. The third-order valence-corrected chi connectivity index (χ3v) is 5.65. The van der Waals surface area contributed by atoms with E-state index in [2.05, 4.69) is 49.9 Å². The second-order valence-electron chi connectivity index (χ2n) is 7.38. The molecule has 0 atom stereocenters. The summed E-state index contributed by atoms with van der Waals surface area (Å²) in [5.74, 6) is 0.108. The predicted molar refractivity (Wildman–Crippen MR) is 117 cm³/mol. The number of hydrogen-bond acceptors (Lipinski definition) is 2. The highest BCUT2D eigenvalue weighted by atomic mass is 16.1. The number of rotatable bonds is 10. The summed E-state index contributed by atoms with van der Waals surface area (Å²) in [6.07, 6.45) is 6.31. The molecule has 2 aromatic heterocycles. The molecule has 0 N–H and O–H groups in total. The van der Waals surface area contributed by atoms with Gasteiger partial charge >= 0.3 is 0 Å². The lowest BCUT2D eigenvalue weighted by atomic mass is 10.0. The van der Waals surface area contributed by atoms with Gasteiger partial charge in [0.1, 0.15) is 0 Å². The SMILES string of the molecule is CCc1cc2ccccn2c1C(=O)c1ccc(CCCCN(CC)CC)cc1. The fraction of sp³-hybridized carbons (Fsp3) is 0.400. The van der Waals surface area contributed by atoms with Crippen LogP contribution in [0.1, 0.15) is 60.8 Å². The molecule has 0 radical (unpaired) electrons. The van der Waals surface area contributed by atoms with Crippen LogP contribution in [0.5, 0.6) is 0 Å². The van der Waals surface area contributed by atoms with Gasteiger partial charge in [-0.05, 0) is 74.6 Å². The summed E-state index contributed by atoms with van der Waals surface area (Å²) >= 11 is 0. The highest BCUT2D eigenvalue weighted by Gasteiger charge is 2.18. The summed E-state index contributed by atoms with van der Waals surface area (Å²) in [5, 5.41) is 0. The van der Waals surface area contributed by atoms with E-state index in [0.717, 1.165) is 48.3 Å². The maximum absolute atomic E-state index is 13.2. The number of benzene rings is 1. The molecule has 148 valence electrons. The number of carbonyl (C=O) groups is 1. The molecule has 0 saturated heterocycles. The minimum atomic E-state index is 0.108. The first-order chi connectivity index (χ1) is 13.7. The van der Waals surface area contributed by atoms with Crippen molar-refractivity contribution in [2.75, 3.05) is 19.6 Å². The lowest BCUT2D eigenvalue weighted by Crippen LogP contribution is -2.23. The molecule has 3 heteroatoms. The van der Waals surface area contributed by atoms with E-state index in [0.29, 0.717) is 0 Å². The summed E-state index contributed by atoms with van der Waals surface area (Å²) in [7, 11) is 0. The molecule has 0 amide bonds. The summed E-state index contributed by atoms with van der Waals surface area (Å²) in [6.45, 7) is 9.97. The molecule has 3 rings (SSSR count). The van der Waals surface area contributed by atoms with Gasteiger partial charge in [0, 0.05) is 17.3 Å². The third kappa shape index (κ3) is 4.53. The van der Waals surface area contributed by atoms with E-state index in [9.17, 15) is 4.79 Å². The van der Waals surface area contributed by atoms with Crippen LogP contribution in [0.4, 0.5) is 0 Å². The Balaban J connectivity index is 1.68. The monoisotopic (exact) mass is 376 g/mol. The molecule has 0 aliphatic carbocycles. The average molecular weight is 377 g/mol. The Hall–Kier alpha value is -2.39. The average Bonchev–Trinajstić information content (AvgIpc) is 3.12. The predicted octanol–water partition coefficient (Wildman–Crippen LogP) is 5.40.